The first kappa shape index (κ1) is 22.6. The second-order valence-corrected chi connectivity index (χ2v) is 7.06. The summed E-state index contributed by atoms with van der Waals surface area (Å²) in [6.45, 7) is 8.59. The number of phenols is 2. The lowest BCUT2D eigenvalue weighted by Gasteiger charge is -2.26. The molecule has 0 aliphatic carbocycles. The van der Waals surface area contributed by atoms with Crippen molar-refractivity contribution < 1.29 is 34.0 Å². The Morgan fingerprint density at radius 3 is 2.26 bits per heavy atom. The molecule has 0 amide bonds. The number of carbonyl (C=O) groups is 2. The maximum atomic E-state index is 12.1. The summed E-state index contributed by atoms with van der Waals surface area (Å²) < 4.78 is 15.6. The van der Waals surface area contributed by atoms with Gasteiger partial charge >= 0.3 is 12.1 Å². The summed E-state index contributed by atoms with van der Waals surface area (Å²) in [7, 11) is 0. The molecule has 0 saturated heterocycles. The molecule has 8 heteroatoms. The predicted molar refractivity (Wildman–Crippen MR) is 98.4 cm³/mol. The molecule has 0 aromatic heterocycles. The molecule has 8 nitrogen and oxygen atoms in total. The number of aromatic hydroxyl groups is 2. The van der Waals surface area contributed by atoms with Gasteiger partial charge in [0, 0.05) is 0 Å². The first-order chi connectivity index (χ1) is 12.4. The fourth-order valence-electron chi connectivity index (χ4n) is 1.97. The van der Waals surface area contributed by atoms with Gasteiger partial charge in [0.2, 0.25) is 0 Å². The highest BCUT2D eigenvalue weighted by atomic mass is 16.7. The van der Waals surface area contributed by atoms with Crippen LogP contribution in [0.4, 0.5) is 4.79 Å². The molecule has 0 fully saturated rings. The number of phenolic OH excluding ortho intramolecular Hbond substituents is 2. The number of hydrogen-bond acceptors (Lipinski definition) is 8. The number of ether oxygens (including phenoxy) is 3. The average molecular weight is 383 g/mol. The Morgan fingerprint density at radius 2 is 1.70 bits per heavy atom. The smallest absolute Gasteiger partial charge is 0.504 e. The van der Waals surface area contributed by atoms with Gasteiger partial charge in [0.15, 0.2) is 11.5 Å². The molecule has 4 N–H and O–H groups in total. The number of carbonyl (C=O) groups excluding carboxylic acids is 2. The van der Waals surface area contributed by atoms with Crippen molar-refractivity contribution in [2.45, 2.75) is 71.3 Å². The van der Waals surface area contributed by atoms with Crippen molar-refractivity contribution in [2.75, 3.05) is 0 Å². The van der Waals surface area contributed by atoms with E-state index in [0.717, 1.165) is 0 Å². The first-order valence-electron chi connectivity index (χ1n) is 8.81. The molecule has 0 radical (unpaired) electrons. The Labute approximate surface area is 159 Å². The maximum Gasteiger partial charge on any atom is 0.509 e. The van der Waals surface area contributed by atoms with Crippen LogP contribution in [0.25, 0.3) is 0 Å². The van der Waals surface area contributed by atoms with E-state index in [1.165, 1.54) is 12.1 Å². The van der Waals surface area contributed by atoms with Crippen LogP contribution in [0.1, 0.15) is 46.6 Å². The molecule has 3 atom stereocenters. The van der Waals surface area contributed by atoms with E-state index in [1.807, 2.05) is 6.92 Å². The van der Waals surface area contributed by atoms with Crippen molar-refractivity contribution in [2.24, 2.45) is 5.73 Å². The molecule has 1 rings (SSSR count). The summed E-state index contributed by atoms with van der Waals surface area (Å²) in [4.78, 5) is 23.9. The van der Waals surface area contributed by atoms with Crippen LogP contribution in [0.2, 0.25) is 0 Å². The third-order valence-corrected chi connectivity index (χ3v) is 4.25. The highest BCUT2D eigenvalue weighted by Crippen LogP contribution is 2.25. The van der Waals surface area contributed by atoms with E-state index in [4.69, 9.17) is 19.9 Å². The van der Waals surface area contributed by atoms with E-state index in [9.17, 15) is 19.8 Å². The van der Waals surface area contributed by atoms with Crippen LogP contribution in [0.5, 0.6) is 11.5 Å². The zero-order valence-corrected chi connectivity index (χ0v) is 16.4. The van der Waals surface area contributed by atoms with Crippen molar-refractivity contribution >= 4 is 12.1 Å². The van der Waals surface area contributed by atoms with Gasteiger partial charge in [0.1, 0.15) is 23.9 Å². The maximum absolute atomic E-state index is 12.1. The van der Waals surface area contributed by atoms with Crippen LogP contribution in [0, 0.1) is 0 Å². The van der Waals surface area contributed by atoms with Crippen LogP contribution in [0.15, 0.2) is 18.2 Å². The first-order valence-corrected chi connectivity index (χ1v) is 8.81. The van der Waals surface area contributed by atoms with Gasteiger partial charge in [0.05, 0.1) is 0 Å². The van der Waals surface area contributed by atoms with Crippen LogP contribution in [0.3, 0.4) is 0 Å². The molecule has 152 valence electrons. The van der Waals surface area contributed by atoms with Crippen LogP contribution in [-0.2, 0) is 25.4 Å². The molecule has 27 heavy (non-hydrogen) atoms. The van der Waals surface area contributed by atoms with E-state index in [2.05, 4.69) is 0 Å². The topological polar surface area (TPSA) is 128 Å². The number of hydrogen-bond donors (Lipinski definition) is 3. The van der Waals surface area contributed by atoms with Crippen molar-refractivity contribution in [3.8, 4) is 11.5 Å². The van der Waals surface area contributed by atoms with Gasteiger partial charge in [-0.05, 0) is 58.2 Å². The summed E-state index contributed by atoms with van der Waals surface area (Å²) in [5.74, 6) is -1.22. The molecule has 0 aliphatic rings. The fourth-order valence-corrected chi connectivity index (χ4v) is 1.97. The minimum absolute atomic E-state index is 0.112. The number of rotatable bonds is 8. The van der Waals surface area contributed by atoms with Crippen molar-refractivity contribution in [3.05, 3.63) is 23.8 Å². The second-order valence-electron chi connectivity index (χ2n) is 7.06. The van der Waals surface area contributed by atoms with Gasteiger partial charge in [-0.3, -0.25) is 4.79 Å². The Kier molecular flexibility index (Phi) is 7.90. The summed E-state index contributed by atoms with van der Waals surface area (Å²) in [5, 5.41) is 18.8. The minimum atomic E-state index is -0.977. The standard InChI is InChI=1S/C19H29NO7/c1-6-19(4,5)27-18(24)26-12(3)11(2)25-17(23)14(20)9-13-7-8-15(21)16(22)10-13/h7-8,10-12,14,21-22H,6,9,20H2,1-5H3/t11-,12-,14-/m0/s1. The van der Waals surface area contributed by atoms with Crippen LogP contribution in [-0.4, -0.2) is 46.2 Å². The molecule has 1 aromatic carbocycles. The lowest BCUT2D eigenvalue weighted by atomic mass is 10.1. The van der Waals surface area contributed by atoms with Gasteiger partial charge in [-0.2, -0.15) is 0 Å². The minimum Gasteiger partial charge on any atom is -0.504 e. The molecule has 0 heterocycles. The quantitative estimate of drug-likeness (QED) is 0.462. The van der Waals surface area contributed by atoms with Gasteiger partial charge in [-0.25, -0.2) is 4.79 Å². The second kappa shape index (κ2) is 9.45. The van der Waals surface area contributed by atoms with Gasteiger partial charge in [0.25, 0.3) is 0 Å². The van der Waals surface area contributed by atoms with Crippen molar-refractivity contribution in [3.63, 3.8) is 0 Å². The Hall–Kier alpha value is -2.48. The Bertz CT molecular complexity index is 659. The monoisotopic (exact) mass is 383 g/mol. The highest BCUT2D eigenvalue weighted by Gasteiger charge is 2.27. The lowest BCUT2D eigenvalue weighted by molar-refractivity contribution is -0.156. The summed E-state index contributed by atoms with van der Waals surface area (Å²) in [6.07, 6.45) is -1.54. The zero-order valence-electron chi connectivity index (χ0n) is 16.4. The SMILES string of the molecule is CCC(C)(C)OC(=O)O[C@@H](C)[C@H](C)OC(=O)[C@@H](N)Cc1ccc(O)c(O)c1. The van der Waals surface area contributed by atoms with Crippen molar-refractivity contribution in [1.82, 2.24) is 0 Å². The molecule has 1 aromatic rings. The summed E-state index contributed by atoms with van der Waals surface area (Å²) >= 11 is 0. The third kappa shape index (κ3) is 7.34. The van der Waals surface area contributed by atoms with E-state index in [0.29, 0.717) is 12.0 Å². The third-order valence-electron chi connectivity index (χ3n) is 4.25. The molecular weight excluding hydrogens is 354 g/mol. The summed E-state index contributed by atoms with van der Waals surface area (Å²) in [5.41, 5.74) is 5.76. The normalized spacial score (nSPS) is 14.7. The lowest BCUT2D eigenvalue weighted by Crippen LogP contribution is -2.40. The molecule has 0 spiro atoms. The molecule has 0 unspecified atom stereocenters. The van der Waals surface area contributed by atoms with E-state index in [1.54, 1.807) is 33.8 Å². The molecule has 0 bridgehead atoms. The zero-order chi connectivity index (χ0) is 20.8. The molecule has 0 saturated carbocycles. The number of nitrogens with two attached hydrogens (primary N) is 1. The number of benzene rings is 1. The van der Waals surface area contributed by atoms with Crippen molar-refractivity contribution in [1.29, 1.82) is 0 Å². The predicted octanol–water partition coefficient (Wildman–Crippen LogP) is 2.63. The van der Waals surface area contributed by atoms with Crippen LogP contribution < -0.4 is 5.73 Å². The fraction of sp³-hybridized carbons (Fsp3) is 0.579. The summed E-state index contributed by atoms with van der Waals surface area (Å²) in [6, 6.07) is 3.20. The van der Waals surface area contributed by atoms with E-state index < -0.39 is 36.0 Å². The highest BCUT2D eigenvalue weighted by molar-refractivity contribution is 5.76. The number of esters is 1. The van der Waals surface area contributed by atoms with Gasteiger partial charge in [-0.15, -0.1) is 0 Å². The molecular formula is C19H29NO7. The Morgan fingerprint density at radius 1 is 1.11 bits per heavy atom. The van der Waals surface area contributed by atoms with Gasteiger partial charge < -0.3 is 30.2 Å². The molecule has 0 aliphatic heterocycles. The average Bonchev–Trinajstić information content (AvgIpc) is 2.57. The van der Waals surface area contributed by atoms with Gasteiger partial charge in [-0.1, -0.05) is 13.0 Å². The van der Waals surface area contributed by atoms with E-state index >= 15 is 0 Å². The van der Waals surface area contributed by atoms with Crippen LogP contribution >= 0.6 is 0 Å². The van der Waals surface area contributed by atoms with E-state index in [-0.39, 0.29) is 17.9 Å². The Balaban J connectivity index is 2.54. The largest absolute Gasteiger partial charge is 0.509 e.